The molecule has 2 N–H and O–H groups in total. The van der Waals surface area contributed by atoms with Gasteiger partial charge in [0.2, 0.25) is 16.2 Å². The van der Waals surface area contributed by atoms with Crippen molar-refractivity contribution in [3.63, 3.8) is 0 Å². The van der Waals surface area contributed by atoms with Gasteiger partial charge in [-0.25, -0.2) is 0 Å². The lowest BCUT2D eigenvalue weighted by Crippen LogP contribution is -2.44. The van der Waals surface area contributed by atoms with Gasteiger partial charge in [-0.3, -0.25) is 4.79 Å². The molecule has 1 aliphatic rings. The average Bonchev–Trinajstić information content (AvgIpc) is 2.87. The van der Waals surface area contributed by atoms with Gasteiger partial charge in [0.05, 0.1) is 5.92 Å². The predicted molar refractivity (Wildman–Crippen MR) is 77.2 cm³/mol. The first-order valence-electron chi connectivity index (χ1n) is 6.78. The quantitative estimate of drug-likeness (QED) is 0.899. The fourth-order valence-electron chi connectivity index (χ4n) is 2.50. The van der Waals surface area contributed by atoms with Gasteiger partial charge in [0.15, 0.2) is 0 Å². The van der Waals surface area contributed by atoms with Gasteiger partial charge in [0.1, 0.15) is 0 Å². The summed E-state index contributed by atoms with van der Waals surface area (Å²) in [4.78, 5) is 16.4. The molecule has 0 aromatic carbocycles. The lowest BCUT2D eigenvalue weighted by molar-refractivity contribution is -0.135. The zero-order valence-electron chi connectivity index (χ0n) is 11.5. The summed E-state index contributed by atoms with van der Waals surface area (Å²) in [6.07, 6.45) is 1.97. The highest BCUT2D eigenvalue weighted by atomic mass is 32.1. The molecule has 6 nitrogen and oxygen atoms in total. The number of anilines is 2. The Morgan fingerprint density at radius 1 is 1.47 bits per heavy atom. The molecule has 1 aromatic heterocycles. The van der Waals surface area contributed by atoms with E-state index in [9.17, 15) is 4.79 Å². The summed E-state index contributed by atoms with van der Waals surface area (Å²) < 4.78 is 0. The standard InChI is InChI=1S/C12H21N5OS/c1-3-16(4-2)10(18)9-6-5-7-17(8-9)12-15-14-11(13)19-12/h9H,3-8H2,1-2H3,(H2,13,14). The number of hydrogen-bond donors (Lipinski definition) is 1. The third-order valence-corrected chi connectivity index (χ3v) is 4.36. The normalized spacial score (nSPS) is 19.5. The molecule has 2 heterocycles. The second-order valence-electron chi connectivity index (χ2n) is 4.72. The largest absolute Gasteiger partial charge is 0.374 e. The number of nitrogens with two attached hydrogens (primary N) is 1. The van der Waals surface area contributed by atoms with Crippen LogP contribution in [0.3, 0.4) is 0 Å². The number of nitrogens with zero attached hydrogens (tertiary/aromatic N) is 4. The van der Waals surface area contributed by atoms with Crippen LogP contribution in [-0.4, -0.2) is 47.2 Å². The maximum absolute atomic E-state index is 12.4. The van der Waals surface area contributed by atoms with Crippen molar-refractivity contribution in [1.29, 1.82) is 0 Å². The van der Waals surface area contributed by atoms with E-state index in [1.807, 2.05) is 18.7 Å². The van der Waals surface area contributed by atoms with Crippen LogP contribution in [0.25, 0.3) is 0 Å². The lowest BCUT2D eigenvalue weighted by atomic mass is 9.97. The molecule has 7 heteroatoms. The van der Waals surface area contributed by atoms with Gasteiger partial charge in [-0.05, 0) is 26.7 Å². The Balaban J connectivity index is 2.02. The molecule has 0 bridgehead atoms. The molecular formula is C12H21N5OS. The number of carbonyl (C=O) groups is 1. The van der Waals surface area contributed by atoms with E-state index in [2.05, 4.69) is 15.1 Å². The van der Waals surface area contributed by atoms with Crippen molar-refractivity contribution in [2.75, 3.05) is 36.8 Å². The fraction of sp³-hybridized carbons (Fsp3) is 0.750. The summed E-state index contributed by atoms with van der Waals surface area (Å²) in [5, 5.41) is 9.21. The van der Waals surface area contributed by atoms with E-state index >= 15 is 0 Å². The average molecular weight is 283 g/mol. The van der Waals surface area contributed by atoms with E-state index < -0.39 is 0 Å². The molecule has 1 atom stereocenters. The number of carbonyl (C=O) groups excluding carboxylic acids is 1. The number of aromatic nitrogens is 2. The van der Waals surface area contributed by atoms with Crippen LogP contribution in [0.4, 0.5) is 10.3 Å². The van der Waals surface area contributed by atoms with Gasteiger partial charge in [-0.1, -0.05) is 11.3 Å². The highest BCUT2D eigenvalue weighted by molar-refractivity contribution is 7.18. The molecule has 0 radical (unpaired) electrons. The molecule has 106 valence electrons. The Hall–Kier alpha value is -1.37. The molecule has 0 spiro atoms. The van der Waals surface area contributed by atoms with Crippen LogP contribution >= 0.6 is 11.3 Å². The van der Waals surface area contributed by atoms with E-state index in [4.69, 9.17) is 5.73 Å². The molecule has 1 amide bonds. The van der Waals surface area contributed by atoms with Crippen molar-refractivity contribution < 1.29 is 4.79 Å². The predicted octanol–water partition coefficient (Wildman–Crippen LogP) is 1.21. The molecule has 1 aliphatic heterocycles. The minimum Gasteiger partial charge on any atom is -0.374 e. The zero-order valence-corrected chi connectivity index (χ0v) is 12.3. The summed E-state index contributed by atoms with van der Waals surface area (Å²) in [5.41, 5.74) is 5.61. The van der Waals surface area contributed by atoms with Crippen LogP contribution in [-0.2, 0) is 4.79 Å². The number of hydrogen-bond acceptors (Lipinski definition) is 6. The van der Waals surface area contributed by atoms with Crippen molar-refractivity contribution in [3.05, 3.63) is 0 Å². The Kier molecular flexibility index (Phi) is 4.57. The summed E-state index contributed by atoms with van der Waals surface area (Å²) >= 11 is 1.38. The zero-order chi connectivity index (χ0) is 13.8. The molecule has 0 aliphatic carbocycles. The summed E-state index contributed by atoms with van der Waals surface area (Å²) in [6.45, 7) is 7.25. The second-order valence-corrected chi connectivity index (χ2v) is 5.71. The topological polar surface area (TPSA) is 75.4 Å². The van der Waals surface area contributed by atoms with Crippen molar-refractivity contribution in [2.24, 2.45) is 5.92 Å². The SMILES string of the molecule is CCN(CC)C(=O)C1CCCN(c2nnc(N)s2)C1. The third-order valence-electron chi connectivity index (χ3n) is 3.55. The van der Waals surface area contributed by atoms with Crippen LogP contribution < -0.4 is 10.6 Å². The van der Waals surface area contributed by atoms with Gasteiger partial charge in [0, 0.05) is 26.2 Å². The number of piperidine rings is 1. The van der Waals surface area contributed by atoms with E-state index in [0.717, 1.165) is 44.2 Å². The van der Waals surface area contributed by atoms with E-state index in [1.54, 1.807) is 0 Å². The Bertz CT molecular complexity index is 432. The molecular weight excluding hydrogens is 262 g/mol. The van der Waals surface area contributed by atoms with Crippen molar-refractivity contribution in [2.45, 2.75) is 26.7 Å². The minimum atomic E-state index is 0.0683. The van der Waals surface area contributed by atoms with Crippen LogP contribution in [0.1, 0.15) is 26.7 Å². The van der Waals surface area contributed by atoms with Crippen LogP contribution in [0.5, 0.6) is 0 Å². The summed E-state index contributed by atoms with van der Waals surface area (Å²) in [5.74, 6) is 0.325. The van der Waals surface area contributed by atoms with Gasteiger partial charge in [0.25, 0.3) is 0 Å². The summed E-state index contributed by atoms with van der Waals surface area (Å²) in [6, 6.07) is 0. The number of amides is 1. The Labute approximate surface area is 117 Å². The minimum absolute atomic E-state index is 0.0683. The fourth-order valence-corrected chi connectivity index (χ4v) is 3.15. The van der Waals surface area contributed by atoms with Crippen LogP contribution in [0.15, 0.2) is 0 Å². The second kappa shape index (κ2) is 6.18. The van der Waals surface area contributed by atoms with Gasteiger partial charge < -0.3 is 15.5 Å². The molecule has 1 fully saturated rings. The van der Waals surface area contributed by atoms with Crippen molar-refractivity contribution in [3.8, 4) is 0 Å². The third kappa shape index (κ3) is 3.15. The van der Waals surface area contributed by atoms with Crippen LogP contribution in [0, 0.1) is 5.92 Å². The highest BCUT2D eigenvalue weighted by Crippen LogP contribution is 2.27. The van der Waals surface area contributed by atoms with Gasteiger partial charge in [-0.15, -0.1) is 10.2 Å². The van der Waals surface area contributed by atoms with Gasteiger partial charge >= 0.3 is 0 Å². The van der Waals surface area contributed by atoms with Crippen LogP contribution in [0.2, 0.25) is 0 Å². The first kappa shape index (κ1) is 14.0. The van der Waals surface area contributed by atoms with E-state index in [1.165, 1.54) is 11.3 Å². The molecule has 19 heavy (non-hydrogen) atoms. The van der Waals surface area contributed by atoms with Crippen molar-refractivity contribution in [1.82, 2.24) is 15.1 Å². The Morgan fingerprint density at radius 3 is 2.79 bits per heavy atom. The highest BCUT2D eigenvalue weighted by Gasteiger charge is 2.29. The van der Waals surface area contributed by atoms with Crippen molar-refractivity contribution >= 4 is 27.5 Å². The number of nitrogen functional groups attached to an aromatic ring is 1. The lowest BCUT2D eigenvalue weighted by Gasteiger charge is -2.34. The molecule has 0 saturated carbocycles. The monoisotopic (exact) mass is 283 g/mol. The van der Waals surface area contributed by atoms with E-state index in [-0.39, 0.29) is 11.8 Å². The maximum atomic E-state index is 12.4. The first-order chi connectivity index (χ1) is 9.15. The molecule has 1 saturated heterocycles. The van der Waals surface area contributed by atoms with E-state index in [0.29, 0.717) is 5.13 Å². The molecule has 1 unspecified atom stereocenters. The summed E-state index contributed by atoms with van der Waals surface area (Å²) in [7, 11) is 0. The molecule has 2 rings (SSSR count). The first-order valence-corrected chi connectivity index (χ1v) is 7.60. The van der Waals surface area contributed by atoms with Gasteiger partial charge in [-0.2, -0.15) is 0 Å². The number of rotatable bonds is 4. The maximum Gasteiger partial charge on any atom is 0.227 e. The smallest absolute Gasteiger partial charge is 0.227 e. The molecule has 1 aromatic rings. The Morgan fingerprint density at radius 2 is 2.21 bits per heavy atom.